The van der Waals surface area contributed by atoms with E-state index in [1.54, 1.807) is 12.1 Å². The minimum absolute atomic E-state index is 0. The Morgan fingerprint density at radius 1 is 1.29 bits per heavy atom. The van der Waals surface area contributed by atoms with Gasteiger partial charge >= 0.3 is 7.82 Å². The third-order valence-electron chi connectivity index (χ3n) is 2.79. The summed E-state index contributed by atoms with van der Waals surface area (Å²) in [6.07, 6.45) is 2.62. The molecule has 0 radical (unpaired) electrons. The number of fused-ring (bicyclic) bond motifs is 1. The number of phosphoric ester groups is 1. The number of phosphoric acid groups is 1. The second kappa shape index (κ2) is 7.56. The Balaban J connectivity index is 0.00000200. The molecule has 0 saturated heterocycles. The van der Waals surface area contributed by atoms with Crippen LogP contribution in [0.2, 0.25) is 0 Å². The van der Waals surface area contributed by atoms with Crippen LogP contribution >= 0.6 is 7.82 Å². The number of hydrogen-bond donors (Lipinski definition) is 3. The number of H-pyrrole nitrogens is 1. The molecule has 8 nitrogen and oxygen atoms in total. The van der Waals surface area contributed by atoms with Gasteiger partial charge in [0.15, 0.2) is 0 Å². The lowest BCUT2D eigenvalue weighted by molar-refractivity contribution is 0.284. The molecule has 120 valence electrons. The van der Waals surface area contributed by atoms with Crippen molar-refractivity contribution in [3.05, 3.63) is 30.0 Å². The first kappa shape index (κ1) is 19.6. The Morgan fingerprint density at radius 2 is 1.95 bits per heavy atom. The smallest absolute Gasteiger partial charge is 0.412 e. The number of likely N-dealkylation sites (N-methyl/N-ethyl adjacent to an activating group) is 1. The van der Waals surface area contributed by atoms with Crippen molar-refractivity contribution in [3.8, 4) is 5.75 Å². The van der Waals surface area contributed by atoms with Gasteiger partial charge in [-0.25, -0.2) is 4.57 Å². The zero-order valence-electron chi connectivity index (χ0n) is 11.8. The van der Waals surface area contributed by atoms with Gasteiger partial charge in [-0.05, 0) is 38.2 Å². The predicted octanol–water partition coefficient (Wildman–Crippen LogP) is 0.0941. The lowest BCUT2D eigenvalue weighted by atomic mass is 10.1. The van der Waals surface area contributed by atoms with Crippen molar-refractivity contribution in [2.75, 3.05) is 20.6 Å². The second-order valence-electron chi connectivity index (χ2n) is 4.63. The highest BCUT2D eigenvalue weighted by Gasteiger charge is 2.19. The molecule has 0 fully saturated rings. The normalized spacial score (nSPS) is 11.1. The molecule has 9 heteroatoms. The number of benzene rings is 1. The molecule has 2 rings (SSSR count). The maximum Gasteiger partial charge on any atom is 0.524 e. The minimum Gasteiger partial charge on any atom is -0.412 e. The summed E-state index contributed by atoms with van der Waals surface area (Å²) in [5, 5.41) is 0.729. The zero-order valence-corrected chi connectivity index (χ0v) is 12.7. The second-order valence-corrected chi connectivity index (χ2v) is 5.79. The van der Waals surface area contributed by atoms with Crippen LogP contribution in [-0.4, -0.2) is 51.3 Å². The van der Waals surface area contributed by atoms with Gasteiger partial charge in [0.1, 0.15) is 5.75 Å². The van der Waals surface area contributed by atoms with Gasteiger partial charge in [-0.2, -0.15) is 0 Å². The van der Waals surface area contributed by atoms with Crippen LogP contribution in [0.5, 0.6) is 5.75 Å². The molecule has 2 aromatic rings. The lowest BCUT2D eigenvalue weighted by Gasteiger charge is -2.11. The quantitative estimate of drug-likeness (QED) is 0.668. The third kappa shape index (κ3) is 5.13. The summed E-state index contributed by atoms with van der Waals surface area (Å²) in [5.41, 5.74) is 1.78. The number of nitrogens with zero attached hydrogens (tertiary/aromatic N) is 1. The van der Waals surface area contributed by atoms with Gasteiger partial charge in [0.05, 0.1) is 0 Å². The first-order valence-corrected chi connectivity index (χ1v) is 7.39. The molecule has 21 heavy (non-hydrogen) atoms. The minimum atomic E-state index is -4.55. The molecule has 1 aromatic carbocycles. The molecule has 0 bridgehead atoms. The van der Waals surface area contributed by atoms with Gasteiger partial charge in [-0.1, -0.05) is 6.07 Å². The Bertz CT molecular complexity index is 621. The molecule has 0 aliphatic heterocycles. The number of hydrogen-bond acceptors (Lipinski definition) is 3. The van der Waals surface area contributed by atoms with E-state index < -0.39 is 7.82 Å². The summed E-state index contributed by atoms with van der Waals surface area (Å²) in [4.78, 5) is 23.0. The van der Waals surface area contributed by atoms with Crippen LogP contribution in [-0.2, 0) is 11.0 Å². The first-order chi connectivity index (χ1) is 8.87. The molecule has 0 spiro atoms. The monoisotopic (exact) mass is 320 g/mol. The van der Waals surface area contributed by atoms with Gasteiger partial charge in [-0.15, -0.1) is 0 Å². The van der Waals surface area contributed by atoms with E-state index in [1.807, 2.05) is 31.3 Å². The van der Waals surface area contributed by atoms with Crippen LogP contribution in [0.4, 0.5) is 0 Å². The number of aromatic nitrogens is 1. The molecule has 0 saturated carbocycles. The molecule has 0 aliphatic carbocycles. The maximum atomic E-state index is 11.0. The van der Waals surface area contributed by atoms with Crippen molar-refractivity contribution in [3.63, 3.8) is 0 Å². The number of aromatic amines is 1. The predicted molar refractivity (Wildman–Crippen MR) is 80.5 cm³/mol. The van der Waals surface area contributed by atoms with Gasteiger partial charge in [-0.3, -0.25) is 9.79 Å². The maximum absolute atomic E-state index is 11.0. The van der Waals surface area contributed by atoms with E-state index in [9.17, 15) is 4.57 Å². The van der Waals surface area contributed by atoms with Crippen LogP contribution in [0.1, 0.15) is 5.56 Å². The topological polar surface area (TPSA) is 149 Å². The molecule has 1 aromatic heterocycles. The van der Waals surface area contributed by atoms with Gasteiger partial charge < -0.3 is 25.4 Å². The Kier molecular flexibility index (Phi) is 7.05. The van der Waals surface area contributed by atoms with E-state index in [4.69, 9.17) is 14.3 Å². The average molecular weight is 320 g/mol. The molecule has 7 N–H and O–H groups in total. The average Bonchev–Trinajstić information content (AvgIpc) is 2.68. The fourth-order valence-corrected chi connectivity index (χ4v) is 2.37. The van der Waals surface area contributed by atoms with E-state index in [1.165, 1.54) is 0 Å². The van der Waals surface area contributed by atoms with Crippen molar-refractivity contribution in [1.82, 2.24) is 9.88 Å². The van der Waals surface area contributed by atoms with E-state index >= 15 is 0 Å². The third-order valence-corrected chi connectivity index (χ3v) is 3.23. The van der Waals surface area contributed by atoms with E-state index in [0.717, 1.165) is 29.4 Å². The highest BCUT2D eigenvalue weighted by molar-refractivity contribution is 7.46. The Morgan fingerprint density at radius 3 is 2.52 bits per heavy atom. The summed E-state index contributed by atoms with van der Waals surface area (Å²) in [5.74, 6) is 0.209. The summed E-state index contributed by atoms with van der Waals surface area (Å²) >= 11 is 0. The van der Waals surface area contributed by atoms with Gasteiger partial charge in [0.2, 0.25) is 0 Å². The van der Waals surface area contributed by atoms with Gasteiger partial charge in [0, 0.05) is 23.6 Å². The number of nitrogens with one attached hydrogen (secondary N) is 1. The molecule has 0 unspecified atom stereocenters. The van der Waals surface area contributed by atoms with Gasteiger partial charge in [0.25, 0.3) is 0 Å². The molecule has 0 aliphatic rings. The number of rotatable bonds is 5. The Labute approximate surface area is 122 Å². The summed E-state index contributed by atoms with van der Waals surface area (Å²) in [7, 11) is -0.602. The summed E-state index contributed by atoms with van der Waals surface area (Å²) in [6.45, 7) is 0.844. The summed E-state index contributed by atoms with van der Waals surface area (Å²) < 4.78 is 15.8. The van der Waals surface area contributed by atoms with Crippen LogP contribution < -0.4 is 4.52 Å². The Hall–Kier alpha value is -1.41. The standard InChI is InChI=1S/C12H17N2O4P.2H2O/c1-14(2)7-6-9-8-13-10-4-3-5-11(12(9)10)18-19(15,16)17;;/h3-5,8,13H,6-7H2,1-2H3,(H2,15,16,17);2*1H2. The van der Waals surface area contributed by atoms with E-state index in [0.29, 0.717) is 0 Å². The zero-order chi connectivity index (χ0) is 14.0. The molecular weight excluding hydrogens is 299 g/mol. The van der Waals surface area contributed by atoms with Crippen LogP contribution in [0.15, 0.2) is 24.4 Å². The SMILES string of the molecule is CN(C)CCc1c[nH]c2cccc(OP(=O)(O)O)c12.O.O. The fourth-order valence-electron chi connectivity index (χ4n) is 1.97. The van der Waals surface area contributed by atoms with Crippen molar-refractivity contribution >= 4 is 18.7 Å². The van der Waals surface area contributed by atoms with Crippen molar-refractivity contribution in [2.45, 2.75) is 6.42 Å². The summed E-state index contributed by atoms with van der Waals surface area (Å²) in [6, 6.07) is 5.11. The van der Waals surface area contributed by atoms with E-state index in [2.05, 4.69) is 4.98 Å². The highest BCUT2D eigenvalue weighted by atomic mass is 31.2. The van der Waals surface area contributed by atoms with E-state index in [-0.39, 0.29) is 16.7 Å². The van der Waals surface area contributed by atoms with Crippen LogP contribution in [0.3, 0.4) is 0 Å². The fraction of sp³-hybridized carbons (Fsp3) is 0.333. The lowest BCUT2D eigenvalue weighted by Crippen LogP contribution is -2.14. The molecule has 0 amide bonds. The van der Waals surface area contributed by atoms with Crippen molar-refractivity contribution in [2.24, 2.45) is 0 Å². The highest BCUT2D eigenvalue weighted by Crippen LogP contribution is 2.41. The van der Waals surface area contributed by atoms with Crippen LogP contribution in [0, 0.1) is 0 Å². The molecular formula is C12H21N2O6P. The van der Waals surface area contributed by atoms with Crippen molar-refractivity contribution < 1.29 is 29.8 Å². The van der Waals surface area contributed by atoms with Crippen LogP contribution in [0.25, 0.3) is 10.9 Å². The first-order valence-electron chi connectivity index (χ1n) is 5.85. The molecule has 0 atom stereocenters. The van der Waals surface area contributed by atoms with Crippen molar-refractivity contribution in [1.29, 1.82) is 0 Å². The molecule has 1 heterocycles. The largest absolute Gasteiger partial charge is 0.524 e.